The van der Waals surface area contributed by atoms with E-state index in [2.05, 4.69) is 388 Å². The zero-order chi connectivity index (χ0) is 101. The average Bonchev–Trinajstić information content (AvgIpc) is 1.52. The first-order valence-electron chi connectivity index (χ1n) is 56.9. The van der Waals surface area contributed by atoms with Crippen molar-refractivity contribution >= 4 is 243 Å². The van der Waals surface area contributed by atoms with Gasteiger partial charge in [0.15, 0.2) is 0 Å². The summed E-state index contributed by atoms with van der Waals surface area (Å²) in [6.45, 7) is 36.0. The first-order valence-corrected chi connectivity index (χ1v) is 70.1. The van der Waals surface area contributed by atoms with E-state index in [9.17, 15) is 0 Å². The largest absolute Gasteiger partial charge is 0.143 e. The first-order chi connectivity index (χ1) is 71.7. The molecular weight excluding hydrogens is 2070 g/mol. The molecule has 0 saturated heterocycles. The number of aryl methyl sites for hydroxylation is 15. The molecule has 0 nitrogen and oxygen atoms in total. The normalized spacial score (nSPS) is 12.2. The van der Waals surface area contributed by atoms with Gasteiger partial charge in [-0.2, -0.15) is 0 Å². The highest BCUT2D eigenvalue weighted by Crippen LogP contribution is 2.62. The van der Waals surface area contributed by atoms with E-state index >= 15 is 0 Å². The van der Waals surface area contributed by atoms with Crippen molar-refractivity contribution in [3.05, 3.63) is 196 Å². The van der Waals surface area contributed by atoms with Gasteiger partial charge >= 0.3 is 0 Å². The van der Waals surface area contributed by atoms with Crippen LogP contribution in [0.25, 0.3) is 179 Å². The Balaban J connectivity index is 0.919. The molecule has 0 amide bonds. The Morgan fingerprint density at radius 1 is 0.158 bits per heavy atom. The lowest BCUT2D eigenvalue weighted by Gasteiger charge is -2.14. The Hall–Kier alpha value is -5.58. The molecule has 0 aliphatic heterocycles. The second kappa shape index (κ2) is 51.6. The number of hydrogen-bond acceptors (Lipinski definition) is 16. The minimum atomic E-state index is 1.05. The molecule has 16 aromatic heterocycles. The van der Waals surface area contributed by atoms with Crippen molar-refractivity contribution in [2.24, 2.45) is 0 Å². The standard InChI is InChI=1S/C130H154S16/c1-16-31-46-80-69-107(131-79-80)119-84(50-35-20-5)74-109(140-119)121-86(52-37-22-7)76-111(142-121)125-94(60-45-30-15)115-126(143-125)98-78-96-95(77-97(98)112-91(57-42-27-12)123(144-128(112)115)103-68-67-99(135-103)104-70-81(47-32-17-2)116(136-104)100-64-61-88(132-100)54-39-24-9)114-93(59-44-29-14)127(122-87(53-38-23-8)72-106(138-122)105-71-82(48-33-18-3)117(137-105)101-65-62-89(133-101)55-40-25-10)146-130(114)129-113(96)92(58-43-28-13)124(145-129)110-75-85(51-36-21-6)120(141-110)108-73-83(49-34-19-4)118(139-108)102-66-63-90(134-102)56-41-26-11/h61-79H,16-60H2,1-15H3. The summed E-state index contributed by atoms with van der Waals surface area (Å²) < 4.78 is 6.13. The summed E-state index contributed by atoms with van der Waals surface area (Å²) in [5, 5.41) is 14.7. The van der Waals surface area contributed by atoms with E-state index in [1.807, 2.05) is 11.3 Å². The Bertz CT molecular complexity index is 7570. The van der Waals surface area contributed by atoms with Gasteiger partial charge in [0.25, 0.3) is 0 Å². The van der Waals surface area contributed by atoms with Crippen molar-refractivity contribution < 1.29 is 0 Å². The fourth-order valence-electron chi connectivity index (χ4n) is 21.9. The smallest absolute Gasteiger partial charge is 0.0537 e. The minimum absolute atomic E-state index is 1.05. The molecule has 0 radical (unpaired) electrons. The highest BCUT2D eigenvalue weighted by Gasteiger charge is 2.35. The van der Waals surface area contributed by atoms with E-state index < -0.39 is 0 Å². The van der Waals surface area contributed by atoms with Crippen molar-refractivity contribution in [3.63, 3.8) is 0 Å². The van der Waals surface area contributed by atoms with E-state index in [1.54, 1.807) is 92.5 Å². The third-order valence-electron chi connectivity index (χ3n) is 30.2. The zero-order valence-electron chi connectivity index (χ0n) is 89.8. The van der Waals surface area contributed by atoms with Crippen molar-refractivity contribution in [1.82, 2.24) is 0 Å². The molecule has 146 heavy (non-hydrogen) atoms. The number of benzene rings is 3. The molecule has 0 unspecified atom stereocenters. The summed E-state index contributed by atoms with van der Waals surface area (Å²) in [5.41, 5.74) is 18.8. The van der Waals surface area contributed by atoms with Crippen LogP contribution in [0, 0.1) is 0 Å². The SMILES string of the molecule is CCCCc1csc(-c2sc(-c3sc(-c4sc5c6cc7c(cc6c6c(CCCC)c(-c8ccc(-c9cc(CCCC)c(-c%10ccc(CCCC)s%10)s9)s8)sc6c5c4CCCC)c4c(CCCC)c(-c5sc(-c6cc(CCCC)c(-c8ccc(CCCC)s8)s6)cc5CCCC)sc4c4sc(-c5cc(CCCC)c(-c6cc(CCCC)c(-c8ccc(CCCC)s8)s6)s5)c(CCCC)c74)cc3CCCC)cc2CCCC)c1. The van der Waals surface area contributed by atoms with Crippen LogP contribution in [0.5, 0.6) is 0 Å². The monoisotopic (exact) mass is 2230 g/mol. The minimum Gasteiger partial charge on any atom is -0.143 e. The van der Waals surface area contributed by atoms with Gasteiger partial charge in [0.05, 0.1) is 9.40 Å². The molecule has 0 atom stereocenters. The van der Waals surface area contributed by atoms with Crippen LogP contribution in [-0.2, 0) is 96.3 Å². The van der Waals surface area contributed by atoms with Crippen molar-refractivity contribution in [2.75, 3.05) is 0 Å². The quantitative estimate of drug-likeness (QED) is 0.0333. The lowest BCUT2D eigenvalue weighted by Crippen LogP contribution is -1.92. The van der Waals surface area contributed by atoms with Crippen molar-refractivity contribution in [2.45, 2.75) is 393 Å². The summed E-state index contributed by atoms with van der Waals surface area (Å²) in [7, 11) is 0. The van der Waals surface area contributed by atoms with Crippen LogP contribution in [0.1, 0.15) is 378 Å². The maximum absolute atomic E-state index is 2.94. The van der Waals surface area contributed by atoms with Crippen LogP contribution in [0.15, 0.2) is 115 Å². The van der Waals surface area contributed by atoms with Gasteiger partial charge in [0.1, 0.15) is 0 Å². The molecule has 0 saturated carbocycles. The summed E-state index contributed by atoms with van der Waals surface area (Å²) in [4.78, 5) is 40.4. The molecule has 0 fully saturated rings. The third-order valence-corrected chi connectivity index (χ3v) is 51.2. The van der Waals surface area contributed by atoms with Crippen LogP contribution in [0.3, 0.4) is 0 Å². The number of thiophene rings is 16. The molecule has 19 rings (SSSR count). The van der Waals surface area contributed by atoms with E-state index in [4.69, 9.17) is 0 Å². The molecule has 770 valence electrons. The molecule has 0 spiro atoms. The summed E-state index contributed by atoms with van der Waals surface area (Å²) in [6, 6.07) is 47.3. The Labute approximate surface area is 938 Å². The molecule has 19 aromatic rings. The van der Waals surface area contributed by atoms with E-state index in [1.165, 1.54) is 335 Å². The highest BCUT2D eigenvalue weighted by atomic mass is 32.2. The predicted octanol–water partition coefficient (Wildman–Crippen LogP) is 49.7. The lowest BCUT2D eigenvalue weighted by atomic mass is 9.89. The molecule has 16 heterocycles. The molecule has 0 N–H and O–H groups in total. The first kappa shape index (κ1) is 109. The fourth-order valence-corrected chi connectivity index (χ4v) is 42.8. The summed E-state index contributed by atoms with van der Waals surface area (Å²) in [6.07, 6.45) is 52.5. The topological polar surface area (TPSA) is 0 Å². The van der Waals surface area contributed by atoms with Gasteiger partial charge < -0.3 is 0 Å². The fraction of sp³-hybridized carbons (Fsp3) is 0.462. The van der Waals surface area contributed by atoms with Gasteiger partial charge in [-0.25, -0.2) is 0 Å². The Morgan fingerprint density at radius 2 is 0.411 bits per heavy atom. The number of unbranched alkanes of at least 4 members (excludes halogenated alkanes) is 15. The van der Waals surface area contributed by atoms with Crippen LogP contribution >= 0.6 is 181 Å². The van der Waals surface area contributed by atoms with Gasteiger partial charge in [0.2, 0.25) is 0 Å². The predicted molar refractivity (Wildman–Crippen MR) is 682 cm³/mol. The van der Waals surface area contributed by atoms with Crippen LogP contribution in [0.2, 0.25) is 0 Å². The Morgan fingerprint density at radius 3 is 0.815 bits per heavy atom. The van der Waals surface area contributed by atoms with Crippen molar-refractivity contribution in [3.8, 4) is 117 Å². The summed E-state index contributed by atoms with van der Waals surface area (Å²) >= 11 is 34.0. The van der Waals surface area contributed by atoms with Gasteiger partial charge in [-0.3, -0.25) is 0 Å². The molecule has 0 bridgehead atoms. The van der Waals surface area contributed by atoms with Gasteiger partial charge in [0, 0.05) is 168 Å². The van der Waals surface area contributed by atoms with Crippen LogP contribution in [-0.4, -0.2) is 0 Å². The molecule has 16 heteroatoms. The maximum Gasteiger partial charge on any atom is 0.0537 e. The lowest BCUT2D eigenvalue weighted by molar-refractivity contribution is 0.796. The maximum atomic E-state index is 2.94. The third kappa shape index (κ3) is 23.2. The van der Waals surface area contributed by atoms with Gasteiger partial charge in [-0.05, 0) is 390 Å². The Kier molecular flexibility index (Phi) is 38.5. The van der Waals surface area contributed by atoms with Crippen molar-refractivity contribution in [1.29, 1.82) is 0 Å². The molecule has 0 aliphatic carbocycles. The van der Waals surface area contributed by atoms with E-state index in [0.29, 0.717) is 0 Å². The summed E-state index contributed by atoms with van der Waals surface area (Å²) in [5.74, 6) is 0. The molecule has 0 aliphatic rings. The van der Waals surface area contributed by atoms with Gasteiger partial charge in [-0.15, -0.1) is 181 Å². The van der Waals surface area contributed by atoms with Gasteiger partial charge in [-0.1, -0.05) is 200 Å². The molecule has 3 aromatic carbocycles. The highest BCUT2D eigenvalue weighted by molar-refractivity contribution is 7.36. The number of hydrogen-bond donors (Lipinski definition) is 0. The zero-order valence-corrected chi connectivity index (χ0v) is 103. The van der Waals surface area contributed by atoms with Crippen LogP contribution in [0.4, 0.5) is 0 Å². The number of fused-ring (bicyclic) bond motifs is 12. The van der Waals surface area contributed by atoms with Crippen LogP contribution < -0.4 is 0 Å². The number of rotatable bonds is 57. The second-order valence-corrected chi connectivity index (χ2v) is 58.4. The average molecular weight is 2230 g/mol. The van der Waals surface area contributed by atoms with E-state index in [-0.39, 0.29) is 0 Å². The van der Waals surface area contributed by atoms with E-state index in [0.717, 1.165) is 122 Å². The second-order valence-electron chi connectivity index (χ2n) is 41.5. The molecular formula is C130H154S16.